The molecule has 11 aromatic rings. The molecule has 0 heterocycles. The lowest BCUT2D eigenvalue weighted by Crippen LogP contribution is -2.17. The highest BCUT2D eigenvalue weighted by atomic mass is 15.1. The molecule has 12 rings (SSSR count). The number of benzene rings is 11. The Morgan fingerprint density at radius 2 is 0.875 bits per heavy atom. The van der Waals surface area contributed by atoms with Crippen LogP contribution in [0.4, 0.5) is 17.1 Å². The second-order valence-corrected chi connectivity index (χ2v) is 17.6. The predicted molar refractivity (Wildman–Crippen MR) is 273 cm³/mol. The van der Waals surface area contributed by atoms with Crippen molar-refractivity contribution in [3.05, 3.63) is 248 Å². The van der Waals surface area contributed by atoms with Crippen molar-refractivity contribution in [2.24, 2.45) is 0 Å². The van der Waals surface area contributed by atoms with Gasteiger partial charge in [0, 0.05) is 22.2 Å². The zero-order chi connectivity index (χ0) is 42.8. The van der Waals surface area contributed by atoms with Crippen molar-refractivity contribution in [1.29, 1.82) is 0 Å². The standard InChI is InChI=1S/C63H45N/c1-63(2)58-28-14-12-26-54(58)55-38-37-49(41-59(55)63)64(60-29-15-13-23-51(60)48-36-33-43-19-6-7-20-46(43)39-48)61-30-16-27-56(62(61)45-34-31-44(32-35-45)42-17-4-3-5-18-42)57-40-47-21-8-9-22-50(47)52-24-10-11-25-53(52)57/h3-41H,1-2H3. The van der Waals surface area contributed by atoms with E-state index in [-0.39, 0.29) is 5.41 Å². The number of para-hydroxylation sites is 1. The van der Waals surface area contributed by atoms with E-state index in [0.717, 1.165) is 22.6 Å². The fourth-order valence-corrected chi connectivity index (χ4v) is 10.5. The molecule has 11 aromatic carbocycles. The molecular weight excluding hydrogens is 771 g/mol. The zero-order valence-electron chi connectivity index (χ0n) is 36.0. The Balaban J connectivity index is 1.16. The third-order valence-corrected chi connectivity index (χ3v) is 13.7. The third kappa shape index (κ3) is 6.15. The monoisotopic (exact) mass is 815 g/mol. The van der Waals surface area contributed by atoms with Crippen LogP contribution in [0.1, 0.15) is 25.0 Å². The summed E-state index contributed by atoms with van der Waals surface area (Å²) in [6, 6.07) is 87.5. The minimum atomic E-state index is -0.173. The Morgan fingerprint density at radius 3 is 1.70 bits per heavy atom. The maximum atomic E-state index is 2.54. The number of rotatable bonds is 7. The van der Waals surface area contributed by atoms with Gasteiger partial charge in [-0.3, -0.25) is 0 Å². The minimum Gasteiger partial charge on any atom is -0.309 e. The first-order chi connectivity index (χ1) is 31.5. The summed E-state index contributed by atoms with van der Waals surface area (Å²) in [6.07, 6.45) is 0. The molecule has 0 amide bonds. The molecule has 1 heteroatoms. The van der Waals surface area contributed by atoms with Crippen LogP contribution in [0.3, 0.4) is 0 Å². The first-order valence-corrected chi connectivity index (χ1v) is 22.3. The first-order valence-electron chi connectivity index (χ1n) is 22.3. The van der Waals surface area contributed by atoms with Crippen LogP contribution in [0.15, 0.2) is 237 Å². The van der Waals surface area contributed by atoms with Crippen molar-refractivity contribution in [2.75, 3.05) is 4.90 Å². The summed E-state index contributed by atoms with van der Waals surface area (Å²) in [4.78, 5) is 2.54. The van der Waals surface area contributed by atoms with E-state index < -0.39 is 0 Å². The van der Waals surface area contributed by atoms with E-state index in [1.54, 1.807) is 0 Å². The summed E-state index contributed by atoms with van der Waals surface area (Å²) in [5.74, 6) is 0. The van der Waals surface area contributed by atoms with Gasteiger partial charge in [-0.1, -0.05) is 214 Å². The van der Waals surface area contributed by atoms with Crippen molar-refractivity contribution in [2.45, 2.75) is 19.3 Å². The molecule has 1 nitrogen and oxygen atoms in total. The molecule has 302 valence electrons. The molecule has 0 aliphatic heterocycles. The van der Waals surface area contributed by atoms with Crippen molar-refractivity contribution in [3.63, 3.8) is 0 Å². The predicted octanol–water partition coefficient (Wildman–Crippen LogP) is 17.6. The number of anilines is 3. The molecule has 0 spiro atoms. The van der Waals surface area contributed by atoms with Gasteiger partial charge < -0.3 is 4.90 Å². The summed E-state index contributed by atoms with van der Waals surface area (Å²) in [5, 5.41) is 7.44. The van der Waals surface area contributed by atoms with E-state index in [9.17, 15) is 0 Å². The van der Waals surface area contributed by atoms with Crippen LogP contribution in [0, 0.1) is 0 Å². The highest BCUT2D eigenvalue weighted by molar-refractivity contribution is 6.16. The van der Waals surface area contributed by atoms with Crippen LogP contribution < -0.4 is 4.90 Å². The highest BCUT2D eigenvalue weighted by Crippen LogP contribution is 2.53. The molecule has 0 radical (unpaired) electrons. The number of fused-ring (bicyclic) bond motifs is 7. The van der Waals surface area contributed by atoms with E-state index in [2.05, 4.69) is 255 Å². The smallest absolute Gasteiger partial charge is 0.0546 e. The molecule has 0 saturated carbocycles. The van der Waals surface area contributed by atoms with E-state index in [1.165, 1.54) is 93.5 Å². The van der Waals surface area contributed by atoms with E-state index in [4.69, 9.17) is 0 Å². The average Bonchev–Trinajstić information content (AvgIpc) is 3.59. The average molecular weight is 816 g/mol. The second kappa shape index (κ2) is 15.1. The first kappa shape index (κ1) is 37.7. The maximum Gasteiger partial charge on any atom is 0.0546 e. The lowest BCUT2D eigenvalue weighted by Gasteiger charge is -2.32. The van der Waals surface area contributed by atoms with Crippen LogP contribution in [-0.2, 0) is 5.41 Å². The van der Waals surface area contributed by atoms with Gasteiger partial charge in [-0.25, -0.2) is 0 Å². The summed E-state index contributed by atoms with van der Waals surface area (Å²) in [7, 11) is 0. The fraction of sp³-hybridized carbons (Fsp3) is 0.0476. The summed E-state index contributed by atoms with van der Waals surface area (Å²) >= 11 is 0. The molecule has 0 atom stereocenters. The van der Waals surface area contributed by atoms with Gasteiger partial charge >= 0.3 is 0 Å². The minimum absolute atomic E-state index is 0.173. The zero-order valence-corrected chi connectivity index (χ0v) is 36.0. The molecule has 0 fully saturated rings. The Hall–Kier alpha value is -8.00. The largest absolute Gasteiger partial charge is 0.309 e. The van der Waals surface area contributed by atoms with Crippen LogP contribution in [0.2, 0.25) is 0 Å². The van der Waals surface area contributed by atoms with Gasteiger partial charge in [-0.2, -0.15) is 0 Å². The quantitative estimate of drug-likeness (QED) is 0.145. The molecule has 0 bridgehead atoms. The van der Waals surface area contributed by atoms with Crippen molar-refractivity contribution in [3.8, 4) is 55.6 Å². The fourth-order valence-electron chi connectivity index (χ4n) is 10.5. The molecule has 0 aromatic heterocycles. The van der Waals surface area contributed by atoms with E-state index in [1.807, 2.05) is 0 Å². The molecule has 0 N–H and O–H groups in total. The highest BCUT2D eigenvalue weighted by Gasteiger charge is 2.36. The topological polar surface area (TPSA) is 3.24 Å². The van der Waals surface area contributed by atoms with E-state index in [0.29, 0.717) is 0 Å². The maximum absolute atomic E-state index is 2.54. The number of hydrogen-bond donors (Lipinski definition) is 0. The van der Waals surface area contributed by atoms with Crippen LogP contribution in [-0.4, -0.2) is 0 Å². The van der Waals surface area contributed by atoms with Crippen molar-refractivity contribution in [1.82, 2.24) is 0 Å². The van der Waals surface area contributed by atoms with Crippen molar-refractivity contribution < 1.29 is 0 Å². The van der Waals surface area contributed by atoms with Gasteiger partial charge in [-0.05, 0) is 124 Å². The number of hydrogen-bond acceptors (Lipinski definition) is 1. The van der Waals surface area contributed by atoms with Gasteiger partial charge in [0.2, 0.25) is 0 Å². The molecular formula is C63H45N. The van der Waals surface area contributed by atoms with Gasteiger partial charge in [0.25, 0.3) is 0 Å². The lowest BCUT2D eigenvalue weighted by atomic mass is 9.82. The van der Waals surface area contributed by atoms with Crippen LogP contribution >= 0.6 is 0 Å². The molecule has 1 aliphatic carbocycles. The molecule has 0 saturated heterocycles. The van der Waals surface area contributed by atoms with Crippen molar-refractivity contribution >= 4 is 49.4 Å². The van der Waals surface area contributed by atoms with E-state index >= 15 is 0 Å². The molecule has 1 aliphatic rings. The number of nitrogens with zero attached hydrogens (tertiary/aromatic N) is 1. The molecule has 64 heavy (non-hydrogen) atoms. The Bertz CT molecular complexity index is 3580. The summed E-state index contributed by atoms with van der Waals surface area (Å²) in [6.45, 7) is 4.75. The summed E-state index contributed by atoms with van der Waals surface area (Å²) in [5.41, 5.74) is 18.0. The molecule has 0 unspecified atom stereocenters. The Kier molecular flexibility index (Phi) is 8.91. The normalized spacial score (nSPS) is 12.7. The van der Waals surface area contributed by atoms with Crippen LogP contribution in [0.25, 0.3) is 88.0 Å². The Labute approximate surface area is 375 Å². The second-order valence-electron chi connectivity index (χ2n) is 17.6. The lowest BCUT2D eigenvalue weighted by molar-refractivity contribution is 0.660. The van der Waals surface area contributed by atoms with Gasteiger partial charge in [0.1, 0.15) is 0 Å². The van der Waals surface area contributed by atoms with Gasteiger partial charge in [-0.15, -0.1) is 0 Å². The third-order valence-electron chi connectivity index (χ3n) is 13.7. The summed E-state index contributed by atoms with van der Waals surface area (Å²) < 4.78 is 0. The Morgan fingerprint density at radius 1 is 0.297 bits per heavy atom. The van der Waals surface area contributed by atoms with Gasteiger partial charge in [0.05, 0.1) is 11.4 Å². The van der Waals surface area contributed by atoms with Gasteiger partial charge in [0.15, 0.2) is 0 Å². The SMILES string of the molecule is CC1(C)c2ccccc2-c2ccc(N(c3ccccc3-c3ccc4ccccc4c3)c3cccc(-c4cc5ccccc5c5ccccc45)c3-c3ccc(-c4ccccc4)cc3)cc21. The van der Waals surface area contributed by atoms with Crippen LogP contribution in [0.5, 0.6) is 0 Å².